The van der Waals surface area contributed by atoms with Crippen molar-refractivity contribution in [1.29, 1.82) is 0 Å². The van der Waals surface area contributed by atoms with E-state index in [-0.39, 0.29) is 0 Å². The molecule has 19 heavy (non-hydrogen) atoms. The highest BCUT2D eigenvalue weighted by Crippen LogP contribution is 2.15. The Morgan fingerprint density at radius 1 is 1.32 bits per heavy atom. The van der Waals surface area contributed by atoms with Gasteiger partial charge in [-0.3, -0.25) is 4.90 Å². The van der Waals surface area contributed by atoms with Crippen LogP contribution in [-0.4, -0.2) is 55.9 Å². The summed E-state index contributed by atoms with van der Waals surface area (Å²) in [6.45, 7) is 8.27. The average molecular weight is 264 g/mol. The normalized spacial score (nSPS) is 18.4. The number of rotatable bonds is 6. The van der Waals surface area contributed by atoms with E-state index in [9.17, 15) is 5.11 Å². The maximum Gasteiger partial charge on any atom is 0.0916 e. The summed E-state index contributed by atoms with van der Waals surface area (Å²) >= 11 is 0. The number of morpholine rings is 1. The highest BCUT2D eigenvalue weighted by atomic mass is 16.5. The Bertz CT molecular complexity index is 378. The number of aliphatic hydroxyl groups excluding tert-OH is 1. The lowest BCUT2D eigenvalue weighted by molar-refractivity contribution is 0.0380. The van der Waals surface area contributed by atoms with Gasteiger partial charge in [-0.1, -0.05) is 24.3 Å². The molecule has 1 heterocycles. The second-order valence-electron chi connectivity index (χ2n) is 5.03. The molecule has 4 nitrogen and oxygen atoms in total. The van der Waals surface area contributed by atoms with Crippen LogP contribution in [0.25, 0.3) is 0 Å². The minimum absolute atomic E-state index is 0.425. The first-order valence-electron chi connectivity index (χ1n) is 7.02. The third kappa shape index (κ3) is 4.58. The molecule has 1 aliphatic heterocycles. The summed E-state index contributed by atoms with van der Waals surface area (Å²) in [6, 6.07) is 7.99. The third-order valence-corrected chi connectivity index (χ3v) is 3.59. The molecule has 2 N–H and O–H groups in total. The first-order valence-corrected chi connectivity index (χ1v) is 7.02. The van der Waals surface area contributed by atoms with Crippen molar-refractivity contribution in [1.82, 2.24) is 10.2 Å². The van der Waals surface area contributed by atoms with Gasteiger partial charge in [-0.2, -0.15) is 0 Å². The molecular weight excluding hydrogens is 240 g/mol. The van der Waals surface area contributed by atoms with E-state index in [1.807, 2.05) is 31.2 Å². The van der Waals surface area contributed by atoms with Gasteiger partial charge in [-0.05, 0) is 18.1 Å². The molecular formula is C15H24N2O2. The second-order valence-corrected chi connectivity index (χ2v) is 5.03. The molecule has 0 saturated carbocycles. The molecule has 0 amide bonds. The Labute approximate surface area is 115 Å². The summed E-state index contributed by atoms with van der Waals surface area (Å²) in [5, 5.41) is 13.5. The summed E-state index contributed by atoms with van der Waals surface area (Å²) in [4.78, 5) is 2.39. The van der Waals surface area contributed by atoms with Crippen LogP contribution in [0, 0.1) is 6.92 Å². The Kier molecular flexibility index (Phi) is 5.79. The van der Waals surface area contributed by atoms with Crippen molar-refractivity contribution >= 4 is 0 Å². The molecule has 1 atom stereocenters. The summed E-state index contributed by atoms with van der Waals surface area (Å²) in [7, 11) is 0. The molecule has 1 aromatic rings. The van der Waals surface area contributed by atoms with E-state index in [2.05, 4.69) is 10.2 Å². The van der Waals surface area contributed by atoms with Crippen LogP contribution < -0.4 is 5.32 Å². The minimum atomic E-state index is -0.425. The van der Waals surface area contributed by atoms with Gasteiger partial charge in [0.15, 0.2) is 0 Å². The summed E-state index contributed by atoms with van der Waals surface area (Å²) < 4.78 is 5.31. The Morgan fingerprint density at radius 3 is 2.79 bits per heavy atom. The fourth-order valence-electron chi connectivity index (χ4n) is 2.37. The molecule has 1 saturated heterocycles. The molecule has 106 valence electrons. The first-order chi connectivity index (χ1) is 9.27. The first kappa shape index (κ1) is 14.5. The van der Waals surface area contributed by atoms with Crippen molar-refractivity contribution in [2.45, 2.75) is 13.0 Å². The average Bonchev–Trinajstić information content (AvgIpc) is 2.45. The monoisotopic (exact) mass is 264 g/mol. The predicted octanol–water partition coefficient (Wildman–Crippen LogP) is 0.950. The number of aryl methyl sites for hydroxylation is 1. The molecule has 1 aromatic carbocycles. The second kappa shape index (κ2) is 7.60. The van der Waals surface area contributed by atoms with Gasteiger partial charge in [0.1, 0.15) is 0 Å². The van der Waals surface area contributed by atoms with Crippen molar-refractivity contribution < 1.29 is 9.84 Å². The van der Waals surface area contributed by atoms with E-state index in [0.29, 0.717) is 6.54 Å². The molecule has 0 aliphatic carbocycles. The van der Waals surface area contributed by atoms with Crippen molar-refractivity contribution in [3.8, 4) is 0 Å². The quantitative estimate of drug-likeness (QED) is 0.751. The van der Waals surface area contributed by atoms with E-state index in [0.717, 1.165) is 50.5 Å². The number of hydrogen-bond donors (Lipinski definition) is 2. The van der Waals surface area contributed by atoms with Crippen molar-refractivity contribution in [3.05, 3.63) is 35.4 Å². The van der Waals surface area contributed by atoms with Crippen molar-refractivity contribution in [3.63, 3.8) is 0 Å². The minimum Gasteiger partial charge on any atom is -0.387 e. The van der Waals surface area contributed by atoms with Gasteiger partial charge in [-0.15, -0.1) is 0 Å². The molecule has 1 fully saturated rings. The fourth-order valence-corrected chi connectivity index (χ4v) is 2.37. The third-order valence-electron chi connectivity index (χ3n) is 3.59. The lowest BCUT2D eigenvalue weighted by Gasteiger charge is -2.26. The highest BCUT2D eigenvalue weighted by molar-refractivity contribution is 5.27. The standard InChI is InChI=1S/C15H24N2O2/c1-13-4-2-3-5-14(13)15(18)12-16-6-7-17-8-10-19-11-9-17/h2-5,15-16,18H,6-12H2,1H3. The van der Waals surface area contributed by atoms with Crippen LogP contribution in [0.4, 0.5) is 0 Å². The van der Waals surface area contributed by atoms with E-state index >= 15 is 0 Å². The van der Waals surface area contributed by atoms with Crippen molar-refractivity contribution in [2.24, 2.45) is 0 Å². The zero-order chi connectivity index (χ0) is 13.5. The summed E-state index contributed by atoms with van der Waals surface area (Å²) in [5.74, 6) is 0. The van der Waals surface area contributed by atoms with Crippen LogP contribution in [0.1, 0.15) is 17.2 Å². The van der Waals surface area contributed by atoms with Crippen molar-refractivity contribution in [2.75, 3.05) is 45.9 Å². The van der Waals surface area contributed by atoms with Crippen LogP contribution in [0.2, 0.25) is 0 Å². The van der Waals surface area contributed by atoms with E-state index < -0.39 is 6.10 Å². The van der Waals surface area contributed by atoms with Crippen LogP contribution in [0.3, 0.4) is 0 Å². The number of benzene rings is 1. The topological polar surface area (TPSA) is 44.7 Å². The zero-order valence-corrected chi connectivity index (χ0v) is 11.6. The molecule has 2 rings (SSSR count). The number of aliphatic hydroxyl groups is 1. The van der Waals surface area contributed by atoms with Crippen LogP contribution >= 0.6 is 0 Å². The van der Waals surface area contributed by atoms with Crippen LogP contribution in [-0.2, 0) is 4.74 Å². The maximum atomic E-state index is 10.1. The van der Waals surface area contributed by atoms with Gasteiger partial charge in [0.05, 0.1) is 19.3 Å². The van der Waals surface area contributed by atoms with Crippen LogP contribution in [0.5, 0.6) is 0 Å². The van der Waals surface area contributed by atoms with Gasteiger partial charge in [0.2, 0.25) is 0 Å². The molecule has 0 radical (unpaired) electrons. The maximum absolute atomic E-state index is 10.1. The molecule has 1 unspecified atom stereocenters. The van der Waals surface area contributed by atoms with Gasteiger partial charge >= 0.3 is 0 Å². The lowest BCUT2D eigenvalue weighted by atomic mass is 10.0. The molecule has 0 spiro atoms. The van der Waals surface area contributed by atoms with Gasteiger partial charge in [0.25, 0.3) is 0 Å². The number of nitrogens with zero attached hydrogens (tertiary/aromatic N) is 1. The smallest absolute Gasteiger partial charge is 0.0916 e. The van der Waals surface area contributed by atoms with E-state index in [1.54, 1.807) is 0 Å². The number of nitrogens with one attached hydrogen (secondary N) is 1. The SMILES string of the molecule is Cc1ccccc1C(O)CNCCN1CCOCC1. The Morgan fingerprint density at radius 2 is 2.05 bits per heavy atom. The molecule has 0 bridgehead atoms. The predicted molar refractivity (Wildman–Crippen MR) is 76.3 cm³/mol. The van der Waals surface area contributed by atoms with Gasteiger partial charge in [0, 0.05) is 32.7 Å². The Balaban J connectivity index is 1.66. The van der Waals surface area contributed by atoms with Gasteiger partial charge in [-0.25, -0.2) is 0 Å². The molecule has 0 aromatic heterocycles. The lowest BCUT2D eigenvalue weighted by Crippen LogP contribution is -2.40. The fraction of sp³-hybridized carbons (Fsp3) is 0.600. The summed E-state index contributed by atoms with van der Waals surface area (Å²) in [5.41, 5.74) is 2.16. The van der Waals surface area contributed by atoms with Gasteiger partial charge < -0.3 is 15.2 Å². The number of ether oxygens (including phenoxy) is 1. The van der Waals surface area contributed by atoms with E-state index in [1.165, 1.54) is 0 Å². The zero-order valence-electron chi connectivity index (χ0n) is 11.6. The number of hydrogen-bond acceptors (Lipinski definition) is 4. The van der Waals surface area contributed by atoms with Crippen LogP contribution in [0.15, 0.2) is 24.3 Å². The molecule has 4 heteroatoms. The summed E-state index contributed by atoms with van der Waals surface area (Å²) in [6.07, 6.45) is -0.425. The van der Waals surface area contributed by atoms with E-state index in [4.69, 9.17) is 4.74 Å². The Hall–Kier alpha value is -0.940. The molecule has 1 aliphatic rings. The largest absolute Gasteiger partial charge is 0.387 e. The highest BCUT2D eigenvalue weighted by Gasteiger charge is 2.11.